The number of hydrogen-bond acceptors (Lipinski definition) is 5. The molecule has 120 valence electrons. The van der Waals surface area contributed by atoms with E-state index in [1.165, 1.54) is 0 Å². The van der Waals surface area contributed by atoms with E-state index in [0.717, 1.165) is 44.0 Å². The number of rotatable bonds is 8. The molecule has 1 atom stereocenters. The molecule has 0 bridgehead atoms. The van der Waals surface area contributed by atoms with E-state index in [9.17, 15) is 4.79 Å². The van der Waals surface area contributed by atoms with E-state index in [0.29, 0.717) is 13.0 Å². The summed E-state index contributed by atoms with van der Waals surface area (Å²) in [6, 6.07) is 9.34. The van der Waals surface area contributed by atoms with Gasteiger partial charge in [0.25, 0.3) is 0 Å². The maximum Gasteiger partial charge on any atom is 0.237 e. The summed E-state index contributed by atoms with van der Waals surface area (Å²) in [4.78, 5) is 16.2. The van der Waals surface area contributed by atoms with Gasteiger partial charge in [0.2, 0.25) is 5.91 Å². The number of nitrogens with one attached hydrogen (secondary N) is 3. The molecular weight excluding hydrogens is 278 g/mol. The fourth-order valence-corrected chi connectivity index (χ4v) is 2.28. The van der Waals surface area contributed by atoms with Crippen LogP contribution in [0.15, 0.2) is 35.3 Å². The van der Waals surface area contributed by atoms with E-state index in [1.54, 1.807) is 0 Å². The van der Waals surface area contributed by atoms with Crippen LogP contribution in [0.3, 0.4) is 0 Å². The maximum absolute atomic E-state index is 11.9. The van der Waals surface area contributed by atoms with Crippen molar-refractivity contribution < 1.29 is 4.79 Å². The van der Waals surface area contributed by atoms with E-state index in [2.05, 4.69) is 20.9 Å². The Morgan fingerprint density at radius 2 is 2.05 bits per heavy atom. The van der Waals surface area contributed by atoms with Gasteiger partial charge < -0.3 is 21.7 Å². The van der Waals surface area contributed by atoms with Gasteiger partial charge in [-0.15, -0.1) is 0 Å². The molecule has 1 heterocycles. The topological polar surface area (TPSA) is 91.5 Å². The molecule has 1 aromatic rings. The Kier molecular flexibility index (Phi) is 6.70. The molecule has 0 saturated heterocycles. The first-order valence-electron chi connectivity index (χ1n) is 7.85. The minimum atomic E-state index is -0.488. The van der Waals surface area contributed by atoms with Crippen LogP contribution in [0, 0.1) is 0 Å². The second-order valence-electron chi connectivity index (χ2n) is 5.38. The minimum Gasteiger partial charge on any atom is -0.356 e. The number of guanidine groups is 1. The van der Waals surface area contributed by atoms with Gasteiger partial charge in [-0.2, -0.15) is 0 Å². The first-order chi connectivity index (χ1) is 10.8. The van der Waals surface area contributed by atoms with Crippen LogP contribution in [0.5, 0.6) is 0 Å². The molecular formula is C16H25N5O. The minimum absolute atomic E-state index is 0.0846. The molecule has 0 radical (unpaired) electrons. The van der Waals surface area contributed by atoms with Crippen LogP contribution in [0.25, 0.3) is 0 Å². The molecule has 6 heteroatoms. The number of carbonyl (C=O) groups is 1. The van der Waals surface area contributed by atoms with Crippen LogP contribution in [0.4, 0.5) is 0 Å². The molecule has 0 spiro atoms. The first kappa shape index (κ1) is 16.3. The van der Waals surface area contributed by atoms with Gasteiger partial charge in [-0.3, -0.25) is 9.79 Å². The lowest BCUT2D eigenvalue weighted by atomic mass is 10.1. The molecule has 0 aliphatic carbocycles. The molecule has 1 aromatic carbocycles. The Hall–Kier alpha value is -2.08. The Labute approximate surface area is 131 Å². The Morgan fingerprint density at radius 1 is 1.27 bits per heavy atom. The summed E-state index contributed by atoms with van der Waals surface area (Å²) in [6.45, 7) is 3.27. The largest absolute Gasteiger partial charge is 0.356 e. The third-order valence-electron chi connectivity index (χ3n) is 3.50. The molecule has 0 fully saturated rings. The summed E-state index contributed by atoms with van der Waals surface area (Å²) in [5.41, 5.74) is 7.01. The number of amides is 1. The molecule has 0 unspecified atom stereocenters. The first-order valence-corrected chi connectivity index (χ1v) is 7.85. The summed E-state index contributed by atoms with van der Waals surface area (Å²) in [6.07, 6.45) is 2.47. The molecule has 1 aliphatic heterocycles. The van der Waals surface area contributed by atoms with Crippen molar-refractivity contribution in [2.24, 2.45) is 10.7 Å². The van der Waals surface area contributed by atoms with Crippen LogP contribution < -0.4 is 21.7 Å². The molecule has 1 aliphatic rings. The summed E-state index contributed by atoms with van der Waals surface area (Å²) in [7, 11) is 0. The zero-order valence-electron chi connectivity index (χ0n) is 12.8. The molecule has 0 saturated carbocycles. The predicted octanol–water partition coefficient (Wildman–Crippen LogP) is 0.00160. The zero-order valence-corrected chi connectivity index (χ0v) is 12.8. The quantitative estimate of drug-likeness (QED) is 0.509. The van der Waals surface area contributed by atoms with Gasteiger partial charge in [0.15, 0.2) is 5.96 Å². The van der Waals surface area contributed by atoms with Crippen molar-refractivity contribution in [1.82, 2.24) is 16.0 Å². The smallest absolute Gasteiger partial charge is 0.237 e. The van der Waals surface area contributed by atoms with Crippen LogP contribution in [0.1, 0.15) is 18.4 Å². The molecule has 1 amide bonds. The second kappa shape index (κ2) is 9.04. The number of nitrogens with two attached hydrogens (primary N) is 1. The van der Waals surface area contributed by atoms with Gasteiger partial charge in [0.1, 0.15) is 0 Å². The summed E-state index contributed by atoms with van der Waals surface area (Å²) >= 11 is 0. The highest BCUT2D eigenvalue weighted by Gasteiger charge is 2.13. The average Bonchev–Trinajstić information content (AvgIpc) is 3.04. The van der Waals surface area contributed by atoms with Crippen LogP contribution in [0.2, 0.25) is 0 Å². The van der Waals surface area contributed by atoms with Crippen LogP contribution >= 0.6 is 0 Å². The number of carbonyl (C=O) groups excluding carboxylic acids is 1. The van der Waals surface area contributed by atoms with Gasteiger partial charge in [-0.1, -0.05) is 30.3 Å². The average molecular weight is 303 g/mol. The molecule has 6 nitrogen and oxygen atoms in total. The highest BCUT2D eigenvalue weighted by atomic mass is 16.2. The molecule has 22 heavy (non-hydrogen) atoms. The fourth-order valence-electron chi connectivity index (χ4n) is 2.28. The van der Waals surface area contributed by atoms with Gasteiger partial charge in [0, 0.05) is 19.6 Å². The number of nitrogens with zero attached hydrogens (tertiary/aromatic N) is 1. The summed E-state index contributed by atoms with van der Waals surface area (Å²) in [5, 5.41) is 9.28. The molecule has 0 aromatic heterocycles. The van der Waals surface area contributed by atoms with E-state index in [-0.39, 0.29) is 5.91 Å². The van der Waals surface area contributed by atoms with Crippen molar-refractivity contribution in [3.63, 3.8) is 0 Å². The van der Waals surface area contributed by atoms with Crippen LogP contribution in [-0.2, 0) is 11.2 Å². The van der Waals surface area contributed by atoms with E-state index in [4.69, 9.17) is 5.73 Å². The monoisotopic (exact) mass is 303 g/mol. The molecule has 5 N–H and O–H groups in total. The highest BCUT2D eigenvalue weighted by Crippen LogP contribution is 2.01. The number of benzene rings is 1. The fraction of sp³-hybridized carbons (Fsp3) is 0.500. The number of aliphatic imine (C=N–C) groups is 1. The third kappa shape index (κ3) is 5.73. The van der Waals surface area contributed by atoms with Crippen molar-refractivity contribution in [1.29, 1.82) is 0 Å². The molecule has 2 rings (SSSR count). The zero-order chi connectivity index (χ0) is 15.6. The summed E-state index contributed by atoms with van der Waals surface area (Å²) in [5.74, 6) is 0.799. The highest BCUT2D eigenvalue weighted by molar-refractivity contribution is 5.82. The normalized spacial score (nSPS) is 14.9. The SMILES string of the molecule is N[C@H](Cc1ccccc1)C(=O)NCCCCNC1=NCCN1. The van der Waals surface area contributed by atoms with Crippen molar-refractivity contribution in [3.05, 3.63) is 35.9 Å². The standard InChI is InChI=1S/C16H25N5O/c17-14(12-13-6-2-1-3-7-13)15(22)18-8-4-5-9-19-16-20-10-11-21-16/h1-3,6-7,14H,4-5,8-12,17H2,(H,18,22)(H2,19,20,21)/t14-/m1/s1. The number of hydrogen-bond donors (Lipinski definition) is 4. The van der Waals surface area contributed by atoms with Crippen molar-refractivity contribution >= 4 is 11.9 Å². The Bertz CT molecular complexity index is 489. The van der Waals surface area contributed by atoms with Crippen molar-refractivity contribution in [2.45, 2.75) is 25.3 Å². The number of unbranched alkanes of at least 4 members (excludes halogenated alkanes) is 1. The summed E-state index contributed by atoms with van der Waals surface area (Å²) < 4.78 is 0. The van der Waals surface area contributed by atoms with Crippen LogP contribution in [-0.4, -0.2) is 44.1 Å². The lowest BCUT2D eigenvalue weighted by Gasteiger charge is -2.12. The van der Waals surface area contributed by atoms with Gasteiger partial charge in [-0.05, 0) is 24.8 Å². The van der Waals surface area contributed by atoms with E-state index in [1.807, 2.05) is 30.3 Å². The van der Waals surface area contributed by atoms with E-state index >= 15 is 0 Å². The third-order valence-corrected chi connectivity index (χ3v) is 3.50. The van der Waals surface area contributed by atoms with Crippen molar-refractivity contribution in [3.8, 4) is 0 Å². The Morgan fingerprint density at radius 3 is 2.77 bits per heavy atom. The van der Waals surface area contributed by atoms with Gasteiger partial charge in [-0.25, -0.2) is 0 Å². The van der Waals surface area contributed by atoms with Gasteiger partial charge >= 0.3 is 0 Å². The Balaban J connectivity index is 1.53. The lowest BCUT2D eigenvalue weighted by Crippen LogP contribution is -2.42. The van der Waals surface area contributed by atoms with E-state index < -0.39 is 6.04 Å². The van der Waals surface area contributed by atoms with Crippen molar-refractivity contribution in [2.75, 3.05) is 26.2 Å². The van der Waals surface area contributed by atoms with Gasteiger partial charge in [0.05, 0.1) is 12.6 Å². The maximum atomic E-state index is 11.9. The lowest BCUT2D eigenvalue weighted by molar-refractivity contribution is -0.122. The predicted molar refractivity (Wildman–Crippen MR) is 88.7 cm³/mol. The second-order valence-corrected chi connectivity index (χ2v) is 5.38.